The number of likely N-dealkylation sites (tertiary alicyclic amines) is 1. The van der Waals surface area contributed by atoms with E-state index in [0.717, 1.165) is 37.2 Å². The zero-order valence-electron chi connectivity index (χ0n) is 16.0. The topological polar surface area (TPSA) is 37.3 Å². The third kappa shape index (κ3) is 4.71. The van der Waals surface area contributed by atoms with Gasteiger partial charge < -0.3 is 9.88 Å². The Bertz CT molecular complexity index is 962. The molecule has 3 aromatic rings. The first-order chi connectivity index (χ1) is 14.1. The van der Waals surface area contributed by atoms with Crippen LogP contribution < -0.4 is 5.32 Å². The molecule has 0 radical (unpaired) electrons. The van der Waals surface area contributed by atoms with Crippen molar-refractivity contribution in [2.45, 2.75) is 25.4 Å². The summed E-state index contributed by atoms with van der Waals surface area (Å²) in [4.78, 5) is 14.7. The van der Waals surface area contributed by atoms with Crippen LogP contribution in [0, 0.1) is 11.6 Å². The van der Waals surface area contributed by atoms with Crippen LogP contribution in [-0.4, -0.2) is 34.5 Å². The number of amides is 1. The fourth-order valence-corrected chi connectivity index (χ4v) is 3.69. The van der Waals surface area contributed by atoms with E-state index in [1.807, 2.05) is 53.4 Å². The number of rotatable bonds is 5. The Balaban J connectivity index is 1.28. The van der Waals surface area contributed by atoms with Gasteiger partial charge in [0.15, 0.2) is 11.6 Å². The maximum absolute atomic E-state index is 13.4. The van der Waals surface area contributed by atoms with Crippen LogP contribution in [0.4, 0.5) is 8.78 Å². The molecular weight excluding hydrogens is 372 g/mol. The van der Waals surface area contributed by atoms with Crippen molar-refractivity contribution in [1.82, 2.24) is 14.8 Å². The van der Waals surface area contributed by atoms with Gasteiger partial charge in [-0.2, -0.15) is 0 Å². The lowest BCUT2D eigenvalue weighted by Crippen LogP contribution is -2.44. The zero-order valence-corrected chi connectivity index (χ0v) is 16.0. The SMILES string of the molecule is O=C(NC1CCN(Cc2ccc(F)c(F)c2)CC1)c1ccc(-n2cccc2)cc1. The van der Waals surface area contributed by atoms with Crippen LogP contribution in [0.3, 0.4) is 0 Å². The number of hydrogen-bond acceptors (Lipinski definition) is 2. The van der Waals surface area contributed by atoms with Gasteiger partial charge in [0.05, 0.1) is 0 Å². The second-order valence-corrected chi connectivity index (χ2v) is 7.41. The molecule has 0 saturated carbocycles. The van der Waals surface area contributed by atoms with E-state index in [4.69, 9.17) is 0 Å². The highest BCUT2D eigenvalue weighted by Crippen LogP contribution is 2.17. The van der Waals surface area contributed by atoms with Crippen LogP contribution in [0.2, 0.25) is 0 Å². The molecule has 1 saturated heterocycles. The Labute approximate surface area is 168 Å². The first-order valence-electron chi connectivity index (χ1n) is 9.79. The van der Waals surface area contributed by atoms with E-state index in [0.29, 0.717) is 12.1 Å². The average molecular weight is 395 g/mol. The highest BCUT2D eigenvalue weighted by molar-refractivity contribution is 5.94. The molecule has 0 atom stereocenters. The van der Waals surface area contributed by atoms with Gasteiger partial charge in [0.1, 0.15) is 0 Å². The summed E-state index contributed by atoms with van der Waals surface area (Å²) < 4.78 is 28.4. The zero-order chi connectivity index (χ0) is 20.2. The Hall–Kier alpha value is -2.99. The van der Waals surface area contributed by atoms with Crippen molar-refractivity contribution in [2.24, 2.45) is 0 Å². The van der Waals surface area contributed by atoms with E-state index < -0.39 is 11.6 Å². The number of nitrogens with zero attached hydrogens (tertiary/aromatic N) is 2. The molecule has 0 bridgehead atoms. The molecule has 1 N–H and O–H groups in total. The number of carbonyl (C=O) groups is 1. The second-order valence-electron chi connectivity index (χ2n) is 7.41. The van der Waals surface area contributed by atoms with Crippen molar-refractivity contribution in [3.8, 4) is 5.69 Å². The molecule has 0 spiro atoms. The molecule has 1 amide bonds. The number of nitrogens with one attached hydrogen (secondary N) is 1. The standard InChI is InChI=1S/C23H23F2N3O/c24-21-8-3-17(15-22(21)25)16-27-13-9-19(10-14-27)26-23(29)18-4-6-20(7-5-18)28-11-1-2-12-28/h1-8,11-12,15,19H,9-10,13-14,16H2,(H,26,29). The quantitative estimate of drug-likeness (QED) is 0.705. The lowest BCUT2D eigenvalue weighted by molar-refractivity contribution is 0.0909. The molecule has 4 nitrogen and oxygen atoms in total. The van der Waals surface area contributed by atoms with Gasteiger partial charge in [-0.1, -0.05) is 6.07 Å². The third-order valence-electron chi connectivity index (χ3n) is 5.35. The highest BCUT2D eigenvalue weighted by atomic mass is 19.2. The lowest BCUT2D eigenvalue weighted by Gasteiger charge is -2.32. The van der Waals surface area contributed by atoms with E-state index in [9.17, 15) is 13.6 Å². The number of aromatic nitrogens is 1. The van der Waals surface area contributed by atoms with Crippen LogP contribution in [-0.2, 0) is 6.54 Å². The van der Waals surface area contributed by atoms with Gasteiger partial charge in [0.2, 0.25) is 0 Å². The maximum Gasteiger partial charge on any atom is 0.251 e. The van der Waals surface area contributed by atoms with Crippen molar-refractivity contribution in [3.05, 3.63) is 89.8 Å². The van der Waals surface area contributed by atoms with Crippen LogP contribution in [0.15, 0.2) is 67.0 Å². The number of benzene rings is 2. The summed E-state index contributed by atoms with van der Waals surface area (Å²) >= 11 is 0. The number of piperidine rings is 1. The lowest BCUT2D eigenvalue weighted by atomic mass is 10.0. The van der Waals surface area contributed by atoms with Gasteiger partial charge in [0.25, 0.3) is 5.91 Å². The molecule has 1 aromatic heterocycles. The largest absolute Gasteiger partial charge is 0.349 e. The van der Waals surface area contributed by atoms with E-state index >= 15 is 0 Å². The molecule has 0 aliphatic carbocycles. The molecule has 1 aliphatic heterocycles. The van der Waals surface area contributed by atoms with Crippen LogP contribution >= 0.6 is 0 Å². The minimum atomic E-state index is -0.823. The summed E-state index contributed by atoms with van der Waals surface area (Å²) in [5, 5.41) is 3.11. The minimum absolute atomic E-state index is 0.0666. The summed E-state index contributed by atoms with van der Waals surface area (Å²) in [6.07, 6.45) is 5.58. The molecule has 1 aliphatic rings. The summed E-state index contributed by atoms with van der Waals surface area (Å²) in [5.74, 6) is -1.70. The second kappa shape index (κ2) is 8.57. The van der Waals surface area contributed by atoms with Crippen molar-refractivity contribution in [3.63, 3.8) is 0 Å². The van der Waals surface area contributed by atoms with Crippen LogP contribution in [0.25, 0.3) is 5.69 Å². The fraction of sp³-hybridized carbons (Fsp3) is 0.261. The number of carbonyl (C=O) groups excluding carboxylic acids is 1. The Morgan fingerprint density at radius 1 is 0.966 bits per heavy atom. The van der Waals surface area contributed by atoms with Gasteiger partial charge in [-0.15, -0.1) is 0 Å². The first-order valence-corrected chi connectivity index (χ1v) is 9.79. The number of hydrogen-bond donors (Lipinski definition) is 1. The molecule has 150 valence electrons. The molecule has 6 heteroatoms. The first kappa shape index (κ1) is 19.3. The van der Waals surface area contributed by atoms with Gasteiger partial charge in [-0.25, -0.2) is 8.78 Å². The Kier molecular flexibility index (Phi) is 5.71. The maximum atomic E-state index is 13.4. The molecule has 2 heterocycles. The normalized spacial score (nSPS) is 15.4. The molecule has 29 heavy (non-hydrogen) atoms. The van der Waals surface area contributed by atoms with E-state index in [-0.39, 0.29) is 11.9 Å². The minimum Gasteiger partial charge on any atom is -0.349 e. The molecule has 0 unspecified atom stereocenters. The van der Waals surface area contributed by atoms with Crippen molar-refractivity contribution < 1.29 is 13.6 Å². The average Bonchev–Trinajstić information content (AvgIpc) is 3.27. The molecular formula is C23H23F2N3O. The van der Waals surface area contributed by atoms with Crippen LogP contribution in [0.5, 0.6) is 0 Å². The smallest absolute Gasteiger partial charge is 0.251 e. The van der Waals surface area contributed by atoms with E-state index in [1.54, 1.807) is 6.07 Å². The van der Waals surface area contributed by atoms with Crippen molar-refractivity contribution >= 4 is 5.91 Å². The summed E-state index contributed by atoms with van der Waals surface area (Å²) in [5.41, 5.74) is 2.41. The molecule has 2 aromatic carbocycles. The molecule has 4 rings (SSSR count). The number of halogens is 2. The van der Waals surface area contributed by atoms with E-state index in [2.05, 4.69) is 10.2 Å². The molecule has 1 fully saturated rings. The van der Waals surface area contributed by atoms with Crippen molar-refractivity contribution in [2.75, 3.05) is 13.1 Å². The summed E-state index contributed by atoms with van der Waals surface area (Å²) in [6, 6.07) is 15.6. The predicted octanol–water partition coefficient (Wildman–Crippen LogP) is 4.15. The Morgan fingerprint density at radius 2 is 1.66 bits per heavy atom. The fourth-order valence-electron chi connectivity index (χ4n) is 3.69. The van der Waals surface area contributed by atoms with Crippen LogP contribution in [0.1, 0.15) is 28.8 Å². The highest BCUT2D eigenvalue weighted by Gasteiger charge is 2.21. The van der Waals surface area contributed by atoms with E-state index in [1.165, 1.54) is 12.1 Å². The Morgan fingerprint density at radius 3 is 2.31 bits per heavy atom. The van der Waals surface area contributed by atoms with Crippen molar-refractivity contribution in [1.29, 1.82) is 0 Å². The van der Waals surface area contributed by atoms with Gasteiger partial charge >= 0.3 is 0 Å². The third-order valence-corrected chi connectivity index (χ3v) is 5.35. The summed E-state index contributed by atoms with van der Waals surface area (Å²) in [6.45, 7) is 2.19. The van der Waals surface area contributed by atoms with Gasteiger partial charge in [-0.05, 0) is 66.9 Å². The monoisotopic (exact) mass is 395 g/mol. The predicted molar refractivity (Wildman–Crippen MR) is 108 cm³/mol. The van der Waals surface area contributed by atoms with Gasteiger partial charge in [-0.3, -0.25) is 9.69 Å². The van der Waals surface area contributed by atoms with Gasteiger partial charge in [0, 0.05) is 49.3 Å². The summed E-state index contributed by atoms with van der Waals surface area (Å²) in [7, 11) is 0.